The number of sulfonamides is 1. The number of sulfone groups is 1. The molecule has 0 radical (unpaired) electrons. The lowest BCUT2D eigenvalue weighted by Gasteiger charge is -2.37. The lowest BCUT2D eigenvalue weighted by Crippen LogP contribution is -2.36. The summed E-state index contributed by atoms with van der Waals surface area (Å²) >= 11 is 1.14. The van der Waals surface area contributed by atoms with E-state index in [1.165, 1.54) is 10.5 Å². The average molecular weight is 554 g/mol. The van der Waals surface area contributed by atoms with E-state index in [1.54, 1.807) is 48.5 Å². The van der Waals surface area contributed by atoms with Gasteiger partial charge in [0.1, 0.15) is 4.24 Å². The second-order valence-corrected chi connectivity index (χ2v) is 15.0. The Hall–Kier alpha value is -2.55. The molecule has 0 unspecified atom stereocenters. The fraction of sp³-hybridized carbons (Fsp3) is 0.310. The van der Waals surface area contributed by atoms with Crippen molar-refractivity contribution in [3.05, 3.63) is 99.9 Å². The largest absolute Gasteiger partial charge is 0.264 e. The minimum atomic E-state index is -4.05. The van der Waals surface area contributed by atoms with Crippen molar-refractivity contribution in [2.75, 3.05) is 0 Å². The Labute approximate surface area is 224 Å². The fourth-order valence-corrected chi connectivity index (χ4v) is 9.69. The van der Waals surface area contributed by atoms with Crippen LogP contribution in [0.4, 0.5) is 0 Å². The summed E-state index contributed by atoms with van der Waals surface area (Å²) in [5.74, 6) is 0.0911. The predicted molar refractivity (Wildman–Crippen MR) is 148 cm³/mol. The van der Waals surface area contributed by atoms with Crippen LogP contribution in [-0.4, -0.2) is 21.1 Å². The highest BCUT2D eigenvalue weighted by molar-refractivity contribution is 8.18. The van der Waals surface area contributed by atoms with E-state index in [-0.39, 0.29) is 19.9 Å². The maximum Gasteiger partial charge on any atom is 0.264 e. The molecule has 1 aliphatic heterocycles. The fourth-order valence-electron chi connectivity index (χ4n) is 5.19. The van der Waals surface area contributed by atoms with E-state index >= 15 is 0 Å². The molecule has 0 amide bonds. The van der Waals surface area contributed by atoms with Gasteiger partial charge in [-0.25, -0.2) is 16.8 Å². The van der Waals surface area contributed by atoms with E-state index in [1.807, 2.05) is 38.1 Å². The van der Waals surface area contributed by atoms with Crippen molar-refractivity contribution >= 4 is 31.6 Å². The summed E-state index contributed by atoms with van der Waals surface area (Å²) in [6.45, 7) is 3.81. The van der Waals surface area contributed by atoms with Crippen LogP contribution in [0.25, 0.3) is 0 Å². The highest BCUT2D eigenvalue weighted by atomic mass is 32.3. The number of aryl methyl sites for hydroxylation is 2. The lowest BCUT2D eigenvalue weighted by atomic mass is 9.81. The third kappa shape index (κ3) is 5.11. The van der Waals surface area contributed by atoms with Gasteiger partial charge < -0.3 is 0 Å². The van der Waals surface area contributed by atoms with Crippen LogP contribution in [0.3, 0.4) is 0 Å². The van der Waals surface area contributed by atoms with Gasteiger partial charge in [-0.2, -0.15) is 0 Å². The van der Waals surface area contributed by atoms with Crippen molar-refractivity contribution in [2.45, 2.75) is 66.7 Å². The van der Waals surface area contributed by atoms with E-state index in [0.717, 1.165) is 65.5 Å². The second-order valence-electron chi connectivity index (χ2n) is 9.90. The third-order valence-corrected chi connectivity index (χ3v) is 12.3. The van der Waals surface area contributed by atoms with Crippen molar-refractivity contribution in [3.63, 3.8) is 0 Å². The van der Waals surface area contributed by atoms with Gasteiger partial charge in [0.2, 0.25) is 9.84 Å². The molecule has 1 atom stereocenters. The summed E-state index contributed by atoms with van der Waals surface area (Å²) in [6.07, 6.45) is 6.39. The highest BCUT2D eigenvalue weighted by Gasteiger charge is 2.41. The van der Waals surface area contributed by atoms with Crippen LogP contribution in [0.5, 0.6) is 0 Å². The molecule has 1 saturated carbocycles. The first-order valence-electron chi connectivity index (χ1n) is 12.6. The average Bonchev–Trinajstić information content (AvgIpc) is 3.08. The van der Waals surface area contributed by atoms with E-state index in [2.05, 4.69) is 0 Å². The minimum absolute atomic E-state index is 0.0119. The van der Waals surface area contributed by atoms with Crippen LogP contribution in [0.15, 0.2) is 97.9 Å². The minimum Gasteiger partial charge on any atom is -0.264 e. The topological polar surface area (TPSA) is 71.5 Å². The molecule has 3 aromatic rings. The molecule has 1 fully saturated rings. The standard InChI is InChI=1S/C29H31NO4S3/c1-21-12-16-24(17-13-21)36(31,32)28-20-30(37(33,34)25-18-14-22(2)15-19-25)29(23-8-4-3-5-9-23)26-10-6-7-11-27(26)35-28/h6-7,10-20,23,29H,3-5,8-9H2,1-2H3/t29-/m1/s1. The van der Waals surface area contributed by atoms with Crippen LogP contribution in [-0.2, 0) is 19.9 Å². The van der Waals surface area contributed by atoms with Gasteiger partial charge in [0.15, 0.2) is 0 Å². The van der Waals surface area contributed by atoms with Gasteiger partial charge in [-0.1, -0.05) is 84.6 Å². The summed E-state index contributed by atoms with van der Waals surface area (Å²) in [5.41, 5.74) is 2.77. The summed E-state index contributed by atoms with van der Waals surface area (Å²) in [6, 6.07) is 20.6. The van der Waals surface area contributed by atoms with E-state index < -0.39 is 25.9 Å². The molecule has 3 aromatic carbocycles. The SMILES string of the molecule is Cc1ccc(S(=O)(=O)C2=CN(S(=O)(=O)c3ccc(C)cc3)[C@H](C3CCCCC3)c3ccccc3S2)cc1. The normalized spacial score (nSPS) is 19.1. The maximum atomic E-state index is 14.2. The van der Waals surface area contributed by atoms with Crippen molar-refractivity contribution in [1.29, 1.82) is 0 Å². The first-order chi connectivity index (χ1) is 17.7. The number of thioether (sulfide) groups is 1. The Morgan fingerprint density at radius 3 is 1.92 bits per heavy atom. The zero-order valence-electron chi connectivity index (χ0n) is 21.0. The zero-order chi connectivity index (χ0) is 26.2. The van der Waals surface area contributed by atoms with Crippen LogP contribution in [0, 0.1) is 19.8 Å². The van der Waals surface area contributed by atoms with Gasteiger partial charge in [0, 0.05) is 11.1 Å². The summed E-state index contributed by atoms with van der Waals surface area (Å²) in [5, 5.41) is 0. The molecule has 0 saturated heterocycles. The number of hydrogen-bond acceptors (Lipinski definition) is 5. The van der Waals surface area contributed by atoms with Crippen LogP contribution >= 0.6 is 11.8 Å². The van der Waals surface area contributed by atoms with Crippen LogP contribution in [0.1, 0.15) is 54.8 Å². The van der Waals surface area contributed by atoms with Gasteiger partial charge in [-0.3, -0.25) is 4.31 Å². The van der Waals surface area contributed by atoms with Gasteiger partial charge in [-0.05, 0) is 68.5 Å². The van der Waals surface area contributed by atoms with Crippen LogP contribution in [0.2, 0.25) is 0 Å². The second kappa shape index (κ2) is 10.3. The molecular formula is C29H31NO4S3. The Morgan fingerprint density at radius 2 is 1.30 bits per heavy atom. The molecule has 0 aromatic heterocycles. The molecule has 2 aliphatic rings. The molecule has 8 heteroatoms. The van der Waals surface area contributed by atoms with Gasteiger partial charge in [0.25, 0.3) is 10.0 Å². The summed E-state index contributed by atoms with van der Waals surface area (Å²) in [4.78, 5) is 1.09. The van der Waals surface area contributed by atoms with Crippen molar-refractivity contribution in [1.82, 2.24) is 4.31 Å². The molecule has 0 spiro atoms. The Kier molecular flexibility index (Phi) is 7.27. The van der Waals surface area contributed by atoms with Crippen molar-refractivity contribution in [2.24, 2.45) is 5.92 Å². The number of fused-ring (bicyclic) bond motifs is 1. The number of nitrogens with zero attached hydrogens (tertiary/aromatic N) is 1. The first kappa shape index (κ1) is 26.1. The molecular weight excluding hydrogens is 523 g/mol. The predicted octanol–water partition coefficient (Wildman–Crippen LogP) is 6.99. The Morgan fingerprint density at radius 1 is 0.730 bits per heavy atom. The summed E-state index contributed by atoms with van der Waals surface area (Å²) in [7, 11) is -8.01. The zero-order valence-corrected chi connectivity index (χ0v) is 23.5. The third-order valence-electron chi connectivity index (χ3n) is 7.24. The summed E-state index contributed by atoms with van der Waals surface area (Å²) < 4.78 is 57.6. The Balaban J connectivity index is 1.74. The number of benzene rings is 3. The highest BCUT2D eigenvalue weighted by Crippen LogP contribution is 2.49. The molecule has 194 valence electrons. The van der Waals surface area contributed by atoms with Gasteiger partial charge >= 0.3 is 0 Å². The molecule has 0 N–H and O–H groups in total. The Bertz CT molecular complexity index is 1520. The molecule has 1 heterocycles. The smallest absolute Gasteiger partial charge is 0.264 e. The number of rotatable bonds is 5. The quantitative estimate of drug-likeness (QED) is 0.340. The lowest BCUT2D eigenvalue weighted by molar-refractivity contribution is 0.226. The van der Waals surface area contributed by atoms with E-state index in [9.17, 15) is 16.8 Å². The number of hydrogen-bond donors (Lipinski definition) is 0. The van der Waals surface area contributed by atoms with Gasteiger partial charge in [-0.15, -0.1) is 0 Å². The maximum absolute atomic E-state index is 14.2. The first-order valence-corrected chi connectivity index (χ1v) is 16.3. The van der Waals surface area contributed by atoms with E-state index in [4.69, 9.17) is 0 Å². The molecule has 5 nitrogen and oxygen atoms in total. The van der Waals surface area contributed by atoms with Crippen LogP contribution < -0.4 is 0 Å². The molecule has 1 aliphatic carbocycles. The molecule has 37 heavy (non-hydrogen) atoms. The van der Waals surface area contributed by atoms with E-state index in [0.29, 0.717) is 0 Å². The van der Waals surface area contributed by atoms with Crippen molar-refractivity contribution in [3.8, 4) is 0 Å². The van der Waals surface area contributed by atoms with Crippen molar-refractivity contribution < 1.29 is 16.8 Å². The molecule has 5 rings (SSSR count). The monoisotopic (exact) mass is 553 g/mol. The molecule has 0 bridgehead atoms. The van der Waals surface area contributed by atoms with Gasteiger partial charge in [0.05, 0.1) is 15.8 Å².